The zero-order chi connectivity index (χ0) is 14.8. The molecule has 0 saturated carbocycles. The van der Waals surface area contributed by atoms with E-state index in [-0.39, 0.29) is 6.42 Å². The minimum Gasteiger partial charge on any atom is -0.241 e. The molecule has 0 fully saturated rings. The summed E-state index contributed by atoms with van der Waals surface area (Å²) in [5.74, 6) is 0. The standard InChI is InChI=1S/C13H10F5NS/c14-11(15)3-1-2-4-12-19-9-7-8(13(16,17)18)5-6-10(9)20-12/h3,5-7H,1-2,4H2. The highest BCUT2D eigenvalue weighted by atomic mass is 32.1. The van der Waals surface area contributed by atoms with Crippen molar-refractivity contribution in [2.45, 2.75) is 25.4 Å². The fourth-order valence-electron chi connectivity index (χ4n) is 1.72. The van der Waals surface area contributed by atoms with Crippen molar-refractivity contribution in [1.29, 1.82) is 0 Å². The van der Waals surface area contributed by atoms with Crippen LogP contribution in [0.3, 0.4) is 0 Å². The van der Waals surface area contributed by atoms with Crippen molar-refractivity contribution in [2.24, 2.45) is 0 Å². The van der Waals surface area contributed by atoms with Crippen molar-refractivity contribution >= 4 is 21.6 Å². The Bertz CT molecular complexity index is 625. The molecule has 0 amide bonds. The van der Waals surface area contributed by atoms with Gasteiger partial charge in [0.05, 0.1) is 20.8 Å². The second kappa shape index (κ2) is 5.87. The van der Waals surface area contributed by atoms with Crippen LogP contribution in [0.25, 0.3) is 10.2 Å². The summed E-state index contributed by atoms with van der Waals surface area (Å²) in [7, 11) is 0. The average molecular weight is 307 g/mol. The molecular weight excluding hydrogens is 297 g/mol. The molecule has 108 valence electrons. The fourth-order valence-corrected chi connectivity index (χ4v) is 2.71. The number of alkyl halides is 3. The molecule has 0 unspecified atom stereocenters. The quantitative estimate of drug-likeness (QED) is 0.543. The number of rotatable bonds is 4. The van der Waals surface area contributed by atoms with Gasteiger partial charge in [0.25, 0.3) is 6.08 Å². The highest BCUT2D eigenvalue weighted by molar-refractivity contribution is 7.18. The van der Waals surface area contributed by atoms with E-state index in [0.717, 1.165) is 18.2 Å². The van der Waals surface area contributed by atoms with Crippen molar-refractivity contribution in [2.75, 3.05) is 0 Å². The lowest BCUT2D eigenvalue weighted by atomic mass is 10.2. The number of fused-ring (bicyclic) bond motifs is 1. The third kappa shape index (κ3) is 3.75. The molecule has 2 rings (SSSR count). The van der Waals surface area contributed by atoms with Crippen LogP contribution in [0, 0.1) is 0 Å². The number of hydrogen-bond acceptors (Lipinski definition) is 2. The maximum Gasteiger partial charge on any atom is 0.416 e. The molecule has 0 radical (unpaired) electrons. The van der Waals surface area contributed by atoms with E-state index in [2.05, 4.69) is 4.98 Å². The highest BCUT2D eigenvalue weighted by Gasteiger charge is 2.30. The highest BCUT2D eigenvalue weighted by Crippen LogP contribution is 2.33. The van der Waals surface area contributed by atoms with Crippen LogP contribution in [0.15, 0.2) is 30.4 Å². The molecule has 1 heterocycles. The summed E-state index contributed by atoms with van der Waals surface area (Å²) < 4.78 is 62.0. The summed E-state index contributed by atoms with van der Waals surface area (Å²) in [6.07, 6.45) is -4.08. The van der Waals surface area contributed by atoms with Crippen LogP contribution in [-0.4, -0.2) is 4.98 Å². The molecule has 0 N–H and O–H groups in total. The molecule has 1 aromatic carbocycles. The number of aromatic nitrogens is 1. The molecule has 0 aliphatic carbocycles. The van der Waals surface area contributed by atoms with Crippen molar-refractivity contribution in [1.82, 2.24) is 4.98 Å². The van der Waals surface area contributed by atoms with Crippen LogP contribution in [0.4, 0.5) is 22.0 Å². The molecule has 1 aromatic heterocycles. The number of benzene rings is 1. The number of hydrogen-bond donors (Lipinski definition) is 0. The number of nitrogens with zero attached hydrogens (tertiary/aromatic N) is 1. The topological polar surface area (TPSA) is 12.9 Å². The van der Waals surface area contributed by atoms with E-state index in [0.29, 0.717) is 28.1 Å². The Morgan fingerprint density at radius 2 is 2.00 bits per heavy atom. The summed E-state index contributed by atoms with van der Waals surface area (Å²) in [4.78, 5) is 4.11. The van der Waals surface area contributed by atoms with Gasteiger partial charge in [0, 0.05) is 0 Å². The molecule has 7 heteroatoms. The molecule has 0 bridgehead atoms. The maximum absolute atomic E-state index is 12.5. The first-order chi connectivity index (χ1) is 9.36. The molecule has 2 aromatic rings. The van der Waals surface area contributed by atoms with E-state index in [1.807, 2.05) is 0 Å². The summed E-state index contributed by atoms with van der Waals surface area (Å²) in [5.41, 5.74) is -0.434. The lowest BCUT2D eigenvalue weighted by Gasteiger charge is -2.04. The molecule has 0 aliphatic heterocycles. The molecule has 20 heavy (non-hydrogen) atoms. The van der Waals surface area contributed by atoms with Crippen molar-refractivity contribution < 1.29 is 22.0 Å². The van der Waals surface area contributed by atoms with Gasteiger partial charge in [-0.2, -0.15) is 22.0 Å². The van der Waals surface area contributed by atoms with E-state index < -0.39 is 17.8 Å². The number of allylic oxidation sites excluding steroid dienone is 1. The van der Waals surface area contributed by atoms with Crippen molar-refractivity contribution in [3.63, 3.8) is 0 Å². The first-order valence-corrected chi connectivity index (χ1v) is 6.66. The van der Waals surface area contributed by atoms with Crippen molar-refractivity contribution in [3.05, 3.63) is 40.9 Å². The predicted octanol–water partition coefficient (Wildman–Crippen LogP) is 5.42. The predicted molar refractivity (Wildman–Crippen MR) is 67.9 cm³/mol. The fraction of sp³-hybridized carbons (Fsp3) is 0.308. The summed E-state index contributed by atoms with van der Waals surface area (Å²) >= 11 is 1.29. The normalized spacial score (nSPS) is 11.8. The molecule has 0 saturated heterocycles. The van der Waals surface area contributed by atoms with Crippen LogP contribution in [-0.2, 0) is 12.6 Å². The Hall–Kier alpha value is -1.50. The third-order valence-corrected chi connectivity index (χ3v) is 3.75. The minimum absolute atomic E-state index is 0.228. The Labute approximate surface area is 115 Å². The monoisotopic (exact) mass is 307 g/mol. The van der Waals surface area contributed by atoms with E-state index in [9.17, 15) is 22.0 Å². The average Bonchev–Trinajstić information content (AvgIpc) is 2.74. The van der Waals surface area contributed by atoms with Gasteiger partial charge < -0.3 is 0 Å². The van der Waals surface area contributed by atoms with Gasteiger partial charge in [-0.1, -0.05) is 0 Å². The molecule has 1 nitrogen and oxygen atoms in total. The Kier molecular flexibility index (Phi) is 4.37. The number of thiazole rings is 1. The molecule has 0 atom stereocenters. The zero-order valence-electron chi connectivity index (χ0n) is 10.2. The molecule has 0 aliphatic rings. The van der Waals surface area contributed by atoms with Crippen LogP contribution in [0.2, 0.25) is 0 Å². The first kappa shape index (κ1) is 14.9. The summed E-state index contributed by atoms with van der Waals surface area (Å²) in [6.45, 7) is 0. The largest absolute Gasteiger partial charge is 0.416 e. The van der Waals surface area contributed by atoms with E-state index in [1.165, 1.54) is 17.4 Å². The van der Waals surface area contributed by atoms with E-state index >= 15 is 0 Å². The van der Waals surface area contributed by atoms with Crippen LogP contribution in [0.1, 0.15) is 23.4 Å². The summed E-state index contributed by atoms with van der Waals surface area (Å²) in [5, 5.41) is 0.659. The Balaban J connectivity index is 2.11. The van der Waals surface area contributed by atoms with E-state index in [4.69, 9.17) is 0 Å². The van der Waals surface area contributed by atoms with Gasteiger partial charge >= 0.3 is 6.18 Å². The Morgan fingerprint density at radius 1 is 1.25 bits per heavy atom. The van der Waals surface area contributed by atoms with E-state index in [1.54, 1.807) is 0 Å². The van der Waals surface area contributed by atoms with Gasteiger partial charge in [-0.3, -0.25) is 0 Å². The van der Waals surface area contributed by atoms with Gasteiger partial charge in [-0.25, -0.2) is 4.98 Å². The van der Waals surface area contributed by atoms with Gasteiger partial charge in [0.15, 0.2) is 0 Å². The minimum atomic E-state index is -4.39. The van der Waals surface area contributed by atoms with Crippen LogP contribution < -0.4 is 0 Å². The molecular formula is C13H10F5NS. The smallest absolute Gasteiger partial charge is 0.241 e. The number of aryl methyl sites for hydroxylation is 1. The number of unbranched alkanes of at least 4 members (excludes halogenated alkanes) is 1. The third-order valence-electron chi connectivity index (χ3n) is 2.65. The SMILES string of the molecule is FC(F)=CCCCc1nc2cc(C(F)(F)F)ccc2s1. The Morgan fingerprint density at radius 3 is 2.65 bits per heavy atom. The summed E-state index contributed by atoms with van der Waals surface area (Å²) in [6, 6.07) is 3.42. The van der Waals surface area contributed by atoms with Gasteiger partial charge in [-0.05, 0) is 43.5 Å². The first-order valence-electron chi connectivity index (χ1n) is 5.84. The lowest BCUT2D eigenvalue weighted by Crippen LogP contribution is -2.03. The zero-order valence-corrected chi connectivity index (χ0v) is 11.0. The lowest BCUT2D eigenvalue weighted by molar-refractivity contribution is -0.137. The molecule has 0 spiro atoms. The van der Waals surface area contributed by atoms with Gasteiger partial charge in [-0.15, -0.1) is 11.3 Å². The second-order valence-corrected chi connectivity index (χ2v) is 5.29. The maximum atomic E-state index is 12.5. The van der Waals surface area contributed by atoms with Crippen LogP contribution in [0.5, 0.6) is 0 Å². The van der Waals surface area contributed by atoms with Gasteiger partial charge in [0.1, 0.15) is 0 Å². The van der Waals surface area contributed by atoms with Crippen molar-refractivity contribution in [3.8, 4) is 0 Å². The van der Waals surface area contributed by atoms with Crippen LogP contribution >= 0.6 is 11.3 Å². The number of halogens is 5. The second-order valence-electron chi connectivity index (χ2n) is 4.17. The van der Waals surface area contributed by atoms with Gasteiger partial charge in [0.2, 0.25) is 0 Å².